The van der Waals surface area contributed by atoms with Gasteiger partial charge in [-0.15, -0.1) is 0 Å². The van der Waals surface area contributed by atoms with Gasteiger partial charge in [0.25, 0.3) is 0 Å². The zero-order valence-electron chi connectivity index (χ0n) is 16.8. The van der Waals surface area contributed by atoms with Gasteiger partial charge >= 0.3 is 0 Å². The summed E-state index contributed by atoms with van der Waals surface area (Å²) in [5, 5.41) is 3.11. The first-order valence-corrected chi connectivity index (χ1v) is 11.1. The normalized spacial score (nSPS) is 19.8. The lowest BCUT2D eigenvalue weighted by Crippen LogP contribution is -2.14. The molecule has 0 spiro atoms. The molecule has 1 aliphatic carbocycles. The molecule has 1 fully saturated rings. The first kappa shape index (κ1) is 22.0. The molecule has 0 saturated heterocycles. The lowest BCUT2D eigenvalue weighted by atomic mass is 10.0. The maximum atomic E-state index is 5.56. The minimum atomic E-state index is 0.860. The highest BCUT2D eigenvalue weighted by Gasteiger charge is 2.34. The van der Waals surface area contributed by atoms with E-state index in [9.17, 15) is 0 Å². The first-order valence-electron chi connectivity index (χ1n) is 11.1. The number of nitrogens with one attached hydrogen (secondary N) is 1. The van der Waals surface area contributed by atoms with E-state index in [1.54, 1.807) is 6.42 Å². The molecule has 2 unspecified atom stereocenters. The Balaban J connectivity index is 1.72. The molecular formula is C22H45NO. The summed E-state index contributed by atoms with van der Waals surface area (Å²) in [6.07, 6.45) is 21.7. The third kappa shape index (κ3) is 13.2. The van der Waals surface area contributed by atoms with Gasteiger partial charge in [-0.2, -0.15) is 0 Å². The van der Waals surface area contributed by atoms with Gasteiger partial charge in [0, 0.05) is 13.2 Å². The van der Waals surface area contributed by atoms with Gasteiger partial charge in [0.2, 0.25) is 0 Å². The van der Waals surface area contributed by atoms with Crippen LogP contribution >= 0.6 is 0 Å². The van der Waals surface area contributed by atoms with E-state index >= 15 is 0 Å². The first-order chi connectivity index (χ1) is 11.9. The third-order valence-corrected chi connectivity index (χ3v) is 5.61. The lowest BCUT2D eigenvalue weighted by Gasteiger charge is -2.04. The van der Waals surface area contributed by atoms with Gasteiger partial charge in [-0.3, -0.25) is 0 Å². The molecule has 24 heavy (non-hydrogen) atoms. The van der Waals surface area contributed by atoms with E-state index in [-0.39, 0.29) is 0 Å². The minimum absolute atomic E-state index is 0.860. The Bertz CT molecular complexity index is 256. The molecule has 0 aliphatic heterocycles. The average Bonchev–Trinajstić information content (AvgIpc) is 3.34. The quantitative estimate of drug-likeness (QED) is 0.277. The van der Waals surface area contributed by atoms with E-state index in [4.69, 9.17) is 4.74 Å². The number of hydrogen-bond acceptors (Lipinski definition) is 2. The fourth-order valence-electron chi connectivity index (χ4n) is 3.80. The van der Waals surface area contributed by atoms with Crippen LogP contribution in [0.3, 0.4) is 0 Å². The molecule has 2 heteroatoms. The van der Waals surface area contributed by atoms with Gasteiger partial charge in [-0.1, -0.05) is 90.4 Å². The second kappa shape index (κ2) is 16.4. The van der Waals surface area contributed by atoms with E-state index in [1.165, 1.54) is 89.9 Å². The van der Waals surface area contributed by atoms with E-state index in [0.717, 1.165) is 31.6 Å². The van der Waals surface area contributed by atoms with Gasteiger partial charge in [-0.05, 0) is 31.7 Å². The zero-order chi connectivity index (χ0) is 17.3. The summed E-state index contributed by atoms with van der Waals surface area (Å²) in [7, 11) is 1.98. The molecule has 1 rings (SSSR count). The van der Waals surface area contributed by atoms with Crippen molar-refractivity contribution in [3.63, 3.8) is 0 Å². The van der Waals surface area contributed by atoms with Crippen molar-refractivity contribution >= 4 is 0 Å². The van der Waals surface area contributed by atoms with Crippen LogP contribution in [0.5, 0.6) is 0 Å². The number of unbranched alkanes of at least 4 members (excludes halogenated alkanes) is 10. The molecule has 0 aromatic heterocycles. The maximum Gasteiger partial charge on any atom is 0.0590 e. The third-order valence-electron chi connectivity index (χ3n) is 5.61. The summed E-state index contributed by atoms with van der Waals surface area (Å²) in [5.74, 6) is 2.21. The Morgan fingerprint density at radius 1 is 0.708 bits per heavy atom. The van der Waals surface area contributed by atoms with Crippen molar-refractivity contribution in [2.75, 3.05) is 26.8 Å². The average molecular weight is 340 g/mol. The smallest absolute Gasteiger partial charge is 0.0590 e. The number of likely N-dealkylation sites (N-methyl/N-ethyl adjacent to an activating group) is 1. The highest BCUT2D eigenvalue weighted by Crippen LogP contribution is 2.45. The van der Waals surface area contributed by atoms with E-state index < -0.39 is 0 Å². The zero-order valence-corrected chi connectivity index (χ0v) is 16.8. The highest BCUT2D eigenvalue weighted by atomic mass is 16.5. The summed E-state index contributed by atoms with van der Waals surface area (Å²) in [4.78, 5) is 0. The van der Waals surface area contributed by atoms with Gasteiger partial charge in [0.1, 0.15) is 0 Å². The Morgan fingerprint density at radius 2 is 1.25 bits per heavy atom. The van der Waals surface area contributed by atoms with Crippen LogP contribution in [0.25, 0.3) is 0 Å². The summed E-state index contributed by atoms with van der Waals surface area (Å²) in [6.45, 7) is 5.08. The summed E-state index contributed by atoms with van der Waals surface area (Å²) in [6, 6.07) is 0. The molecule has 1 aliphatic rings. The molecule has 144 valence electrons. The standard InChI is InChI=1S/C22H45NO/c1-3-4-5-6-7-8-9-12-15-21-20-22(21)16-13-10-11-14-18-24-19-17-23-2/h21-23H,3-20H2,1-2H3. The Kier molecular flexibility index (Phi) is 15.0. The van der Waals surface area contributed by atoms with Crippen LogP contribution in [0.1, 0.15) is 103 Å². The van der Waals surface area contributed by atoms with Crippen LogP contribution in [0, 0.1) is 11.8 Å². The largest absolute Gasteiger partial charge is 0.380 e. The van der Waals surface area contributed by atoms with E-state index in [0.29, 0.717) is 0 Å². The molecular weight excluding hydrogens is 294 g/mol. The molecule has 0 amide bonds. The van der Waals surface area contributed by atoms with Crippen molar-refractivity contribution in [2.45, 2.75) is 103 Å². The van der Waals surface area contributed by atoms with Crippen molar-refractivity contribution in [1.29, 1.82) is 0 Å². The van der Waals surface area contributed by atoms with Gasteiger partial charge < -0.3 is 10.1 Å². The molecule has 1 N–H and O–H groups in total. The van der Waals surface area contributed by atoms with Gasteiger partial charge in [0.05, 0.1) is 6.61 Å². The van der Waals surface area contributed by atoms with Crippen molar-refractivity contribution in [1.82, 2.24) is 5.32 Å². The van der Waals surface area contributed by atoms with Gasteiger partial charge in [-0.25, -0.2) is 0 Å². The second-order valence-corrected chi connectivity index (χ2v) is 7.94. The fourth-order valence-corrected chi connectivity index (χ4v) is 3.80. The van der Waals surface area contributed by atoms with E-state index in [2.05, 4.69) is 12.2 Å². The molecule has 1 saturated carbocycles. The predicted octanol–water partition coefficient (Wildman–Crippen LogP) is 6.34. The van der Waals surface area contributed by atoms with E-state index in [1.807, 2.05) is 7.05 Å². The topological polar surface area (TPSA) is 21.3 Å². The van der Waals surface area contributed by atoms with Crippen molar-refractivity contribution in [3.8, 4) is 0 Å². The number of hydrogen-bond donors (Lipinski definition) is 1. The lowest BCUT2D eigenvalue weighted by molar-refractivity contribution is 0.133. The van der Waals surface area contributed by atoms with Crippen molar-refractivity contribution in [3.05, 3.63) is 0 Å². The second-order valence-electron chi connectivity index (χ2n) is 7.94. The fraction of sp³-hybridized carbons (Fsp3) is 1.00. The van der Waals surface area contributed by atoms with Crippen LogP contribution in [0.15, 0.2) is 0 Å². The Morgan fingerprint density at radius 3 is 1.83 bits per heavy atom. The van der Waals surface area contributed by atoms with Crippen LogP contribution in [0.4, 0.5) is 0 Å². The summed E-state index contributed by atoms with van der Waals surface area (Å²) < 4.78 is 5.56. The predicted molar refractivity (Wildman–Crippen MR) is 107 cm³/mol. The molecule has 0 heterocycles. The van der Waals surface area contributed by atoms with Crippen LogP contribution < -0.4 is 5.32 Å². The number of rotatable bonds is 19. The maximum absolute atomic E-state index is 5.56. The molecule has 2 nitrogen and oxygen atoms in total. The van der Waals surface area contributed by atoms with Crippen molar-refractivity contribution < 1.29 is 4.74 Å². The van der Waals surface area contributed by atoms with Crippen LogP contribution in [-0.2, 0) is 4.74 Å². The molecule has 2 atom stereocenters. The Hall–Kier alpha value is -0.0800. The van der Waals surface area contributed by atoms with Crippen LogP contribution in [-0.4, -0.2) is 26.8 Å². The highest BCUT2D eigenvalue weighted by molar-refractivity contribution is 4.85. The molecule has 0 aromatic carbocycles. The van der Waals surface area contributed by atoms with Gasteiger partial charge in [0.15, 0.2) is 0 Å². The molecule has 0 bridgehead atoms. The monoisotopic (exact) mass is 339 g/mol. The molecule has 0 radical (unpaired) electrons. The van der Waals surface area contributed by atoms with Crippen molar-refractivity contribution in [2.24, 2.45) is 11.8 Å². The van der Waals surface area contributed by atoms with Crippen LogP contribution in [0.2, 0.25) is 0 Å². The minimum Gasteiger partial charge on any atom is -0.380 e. The number of ether oxygens (including phenoxy) is 1. The Labute approximate surface area is 152 Å². The molecule has 0 aromatic rings. The summed E-state index contributed by atoms with van der Waals surface area (Å²) >= 11 is 0. The SMILES string of the molecule is CCCCCCCCCCC1CC1CCCCCCOCCNC. The summed E-state index contributed by atoms with van der Waals surface area (Å²) in [5.41, 5.74) is 0.